The first kappa shape index (κ1) is 19.0. The van der Waals surface area contributed by atoms with Crippen LogP contribution in [0.4, 0.5) is 0 Å². The van der Waals surface area contributed by atoms with Crippen molar-refractivity contribution in [2.24, 2.45) is 7.05 Å². The predicted octanol–water partition coefficient (Wildman–Crippen LogP) is 4.01. The number of benzene rings is 1. The van der Waals surface area contributed by atoms with E-state index in [4.69, 9.17) is 0 Å². The number of rotatable bonds is 6. The van der Waals surface area contributed by atoms with Gasteiger partial charge in [-0.15, -0.1) is 10.2 Å². The molecule has 0 radical (unpaired) electrons. The lowest BCUT2D eigenvalue weighted by Gasteiger charge is -2.37. The number of hydrogen-bond donors (Lipinski definition) is 1. The van der Waals surface area contributed by atoms with Gasteiger partial charge in [0, 0.05) is 7.05 Å². The molecule has 6 heteroatoms. The van der Waals surface area contributed by atoms with Gasteiger partial charge in [0.05, 0.1) is 11.5 Å². The summed E-state index contributed by atoms with van der Waals surface area (Å²) < 4.78 is 1.98. The van der Waals surface area contributed by atoms with Crippen LogP contribution in [0.15, 0.2) is 35.5 Å². The third-order valence-electron chi connectivity index (χ3n) is 5.35. The Morgan fingerprint density at radius 1 is 1.23 bits per heavy atom. The smallest absolute Gasteiger partial charge is 0.231 e. The van der Waals surface area contributed by atoms with Crippen molar-refractivity contribution in [1.29, 1.82) is 0 Å². The summed E-state index contributed by atoms with van der Waals surface area (Å²) >= 11 is 1.66. The maximum Gasteiger partial charge on any atom is 0.231 e. The molecule has 1 saturated carbocycles. The van der Waals surface area contributed by atoms with Crippen molar-refractivity contribution in [3.05, 3.63) is 41.7 Å². The summed E-state index contributed by atoms with van der Waals surface area (Å²) in [7, 11) is 1.96. The third-order valence-corrected chi connectivity index (χ3v) is 6.25. The molecular formula is C20H28N4OS. The SMILES string of the molecule is CCSc1nnc(C(C)NC(=O)C2(c3ccccc3)CCCCC2)n1C. The number of carbonyl (C=O) groups excluding carboxylic acids is 1. The molecule has 0 spiro atoms. The van der Waals surface area contributed by atoms with E-state index in [1.165, 1.54) is 6.42 Å². The third kappa shape index (κ3) is 3.65. The molecule has 2 aromatic rings. The van der Waals surface area contributed by atoms with Crippen LogP contribution >= 0.6 is 11.8 Å². The summed E-state index contributed by atoms with van der Waals surface area (Å²) in [5, 5.41) is 12.7. The number of aromatic nitrogens is 3. The number of hydrogen-bond acceptors (Lipinski definition) is 4. The monoisotopic (exact) mass is 372 g/mol. The summed E-state index contributed by atoms with van der Waals surface area (Å²) in [6.07, 6.45) is 5.21. The molecule has 1 heterocycles. The van der Waals surface area contributed by atoms with E-state index >= 15 is 0 Å². The Hall–Kier alpha value is -1.82. The fourth-order valence-electron chi connectivity index (χ4n) is 3.92. The fourth-order valence-corrected chi connectivity index (χ4v) is 4.56. The maximum absolute atomic E-state index is 13.4. The lowest BCUT2D eigenvalue weighted by molar-refractivity contribution is -0.128. The minimum Gasteiger partial charge on any atom is -0.346 e. The van der Waals surface area contributed by atoms with Crippen molar-refractivity contribution in [3.8, 4) is 0 Å². The van der Waals surface area contributed by atoms with Gasteiger partial charge in [-0.25, -0.2) is 0 Å². The second-order valence-electron chi connectivity index (χ2n) is 7.04. The predicted molar refractivity (Wildman–Crippen MR) is 105 cm³/mol. The Balaban J connectivity index is 1.82. The minimum absolute atomic E-state index is 0.114. The van der Waals surface area contributed by atoms with Crippen LogP contribution in [0.1, 0.15) is 63.4 Å². The van der Waals surface area contributed by atoms with Gasteiger partial charge in [0.1, 0.15) is 0 Å². The fraction of sp³-hybridized carbons (Fsp3) is 0.550. The first-order chi connectivity index (χ1) is 12.6. The van der Waals surface area contributed by atoms with Gasteiger partial charge in [-0.1, -0.05) is 68.3 Å². The molecular weight excluding hydrogens is 344 g/mol. The van der Waals surface area contributed by atoms with Crippen molar-refractivity contribution < 1.29 is 4.79 Å². The largest absolute Gasteiger partial charge is 0.346 e. The average molecular weight is 373 g/mol. The Bertz CT molecular complexity index is 738. The second kappa shape index (κ2) is 8.25. The minimum atomic E-state index is -0.423. The van der Waals surface area contributed by atoms with Crippen LogP contribution < -0.4 is 5.32 Å². The van der Waals surface area contributed by atoms with Gasteiger partial charge in [-0.2, -0.15) is 0 Å². The van der Waals surface area contributed by atoms with Gasteiger partial charge in [0.15, 0.2) is 11.0 Å². The number of nitrogens with one attached hydrogen (secondary N) is 1. The molecule has 26 heavy (non-hydrogen) atoms. The maximum atomic E-state index is 13.4. The van der Waals surface area contributed by atoms with E-state index in [0.717, 1.165) is 48.0 Å². The van der Waals surface area contributed by atoms with Crippen LogP contribution in [0, 0.1) is 0 Å². The highest BCUT2D eigenvalue weighted by Crippen LogP contribution is 2.40. The Kier molecular flexibility index (Phi) is 6.01. The standard InChI is InChI=1S/C20H28N4OS/c1-4-26-19-23-22-17(24(19)3)15(2)21-18(25)20(13-9-6-10-14-20)16-11-7-5-8-12-16/h5,7-8,11-12,15H,4,6,9-10,13-14H2,1-3H3,(H,21,25). The highest BCUT2D eigenvalue weighted by Gasteiger charge is 2.41. The van der Waals surface area contributed by atoms with E-state index in [0.29, 0.717) is 0 Å². The molecule has 1 aliphatic rings. The van der Waals surface area contributed by atoms with E-state index < -0.39 is 5.41 Å². The van der Waals surface area contributed by atoms with E-state index in [9.17, 15) is 4.79 Å². The van der Waals surface area contributed by atoms with Crippen molar-refractivity contribution in [2.75, 3.05) is 5.75 Å². The zero-order valence-electron chi connectivity index (χ0n) is 15.9. The normalized spacial score (nSPS) is 17.7. The molecule has 1 amide bonds. The molecule has 0 saturated heterocycles. The molecule has 1 aliphatic carbocycles. The highest BCUT2D eigenvalue weighted by atomic mass is 32.2. The first-order valence-corrected chi connectivity index (χ1v) is 10.5. The number of thioether (sulfide) groups is 1. The van der Waals surface area contributed by atoms with E-state index in [1.54, 1.807) is 11.8 Å². The molecule has 140 valence electrons. The first-order valence-electron chi connectivity index (χ1n) is 9.47. The summed E-state index contributed by atoms with van der Waals surface area (Å²) in [5.41, 5.74) is 0.706. The number of nitrogens with zero attached hydrogens (tertiary/aromatic N) is 3. The van der Waals surface area contributed by atoms with Crippen LogP contribution in [0.25, 0.3) is 0 Å². The zero-order chi connectivity index (χ0) is 18.6. The number of amides is 1. The molecule has 0 bridgehead atoms. The zero-order valence-corrected chi connectivity index (χ0v) is 16.7. The quantitative estimate of drug-likeness (QED) is 0.779. The van der Waals surface area contributed by atoms with Crippen molar-refractivity contribution >= 4 is 17.7 Å². The highest BCUT2D eigenvalue weighted by molar-refractivity contribution is 7.99. The lowest BCUT2D eigenvalue weighted by atomic mass is 9.68. The Morgan fingerprint density at radius 3 is 2.58 bits per heavy atom. The van der Waals surface area contributed by atoms with Crippen molar-refractivity contribution in [1.82, 2.24) is 20.1 Å². The molecule has 0 aliphatic heterocycles. The van der Waals surface area contributed by atoms with Crippen LogP contribution in [0.3, 0.4) is 0 Å². The molecule has 1 aromatic carbocycles. The van der Waals surface area contributed by atoms with E-state index in [2.05, 4.69) is 34.6 Å². The van der Waals surface area contributed by atoms with Gasteiger partial charge >= 0.3 is 0 Å². The Morgan fingerprint density at radius 2 is 1.92 bits per heavy atom. The summed E-state index contributed by atoms with van der Waals surface area (Å²) in [4.78, 5) is 13.4. The van der Waals surface area contributed by atoms with Gasteiger partial charge in [-0.3, -0.25) is 4.79 Å². The van der Waals surface area contributed by atoms with Crippen LogP contribution in [-0.4, -0.2) is 26.4 Å². The number of carbonyl (C=O) groups is 1. The molecule has 5 nitrogen and oxygen atoms in total. The van der Waals surface area contributed by atoms with E-state index in [1.807, 2.05) is 36.7 Å². The van der Waals surface area contributed by atoms with Gasteiger partial charge < -0.3 is 9.88 Å². The molecule has 3 rings (SSSR count). The van der Waals surface area contributed by atoms with Crippen LogP contribution in [-0.2, 0) is 17.3 Å². The van der Waals surface area contributed by atoms with Crippen LogP contribution in [0.2, 0.25) is 0 Å². The van der Waals surface area contributed by atoms with Crippen LogP contribution in [0.5, 0.6) is 0 Å². The molecule has 1 fully saturated rings. The van der Waals surface area contributed by atoms with Gasteiger partial charge in [-0.05, 0) is 31.1 Å². The molecule has 1 aromatic heterocycles. The molecule has 1 N–H and O–H groups in total. The summed E-state index contributed by atoms with van der Waals surface area (Å²) in [6, 6.07) is 10.1. The Labute approximate surface area is 160 Å². The summed E-state index contributed by atoms with van der Waals surface area (Å²) in [6.45, 7) is 4.08. The van der Waals surface area contributed by atoms with Crippen molar-refractivity contribution in [3.63, 3.8) is 0 Å². The molecule has 1 unspecified atom stereocenters. The topological polar surface area (TPSA) is 59.8 Å². The van der Waals surface area contributed by atoms with Gasteiger partial charge in [0.25, 0.3) is 0 Å². The van der Waals surface area contributed by atoms with Crippen molar-refractivity contribution in [2.45, 2.75) is 62.6 Å². The van der Waals surface area contributed by atoms with E-state index in [-0.39, 0.29) is 11.9 Å². The van der Waals surface area contributed by atoms with Gasteiger partial charge in [0.2, 0.25) is 5.91 Å². The summed E-state index contributed by atoms with van der Waals surface area (Å²) in [5.74, 6) is 1.86. The average Bonchev–Trinajstić information content (AvgIpc) is 3.04. The second-order valence-corrected chi connectivity index (χ2v) is 8.27. The molecule has 1 atom stereocenters. The lowest BCUT2D eigenvalue weighted by Crippen LogP contribution is -2.46.